The number of methoxy groups -OCH3 is 1. The first kappa shape index (κ1) is 22.8. The van der Waals surface area contributed by atoms with Crippen LogP contribution in [-0.2, 0) is 15.9 Å². The Hall–Kier alpha value is -3.28. The molecule has 1 N–H and O–H groups in total. The van der Waals surface area contributed by atoms with Gasteiger partial charge in [-0.3, -0.25) is 0 Å². The second kappa shape index (κ2) is 12.2. The number of carbonyl (C=O) groups is 2. The van der Waals surface area contributed by atoms with Crippen molar-refractivity contribution in [2.75, 3.05) is 20.3 Å². The van der Waals surface area contributed by atoms with Crippen LogP contribution >= 0.6 is 0 Å². The zero-order chi connectivity index (χ0) is 20.9. The van der Waals surface area contributed by atoms with E-state index in [2.05, 4.69) is 6.58 Å². The normalized spacial score (nSPS) is 9.54. The summed E-state index contributed by atoms with van der Waals surface area (Å²) in [6.45, 7) is 7.60. The Bertz CT molecular complexity index is 760. The lowest BCUT2D eigenvalue weighted by molar-refractivity contribution is 0.0479. The number of ether oxygens (including phenoxy) is 3. The molecule has 0 bridgehead atoms. The van der Waals surface area contributed by atoms with Crippen molar-refractivity contribution < 1.29 is 28.9 Å². The molecule has 6 nitrogen and oxygen atoms in total. The van der Waals surface area contributed by atoms with Crippen LogP contribution in [0.1, 0.15) is 40.1 Å². The Morgan fingerprint density at radius 3 is 1.96 bits per heavy atom. The van der Waals surface area contributed by atoms with Crippen LogP contribution in [0.2, 0.25) is 0 Å². The quantitative estimate of drug-likeness (QED) is 0.568. The standard InChI is InChI=1S/C12H14O4.C10H12O2/c1-3-15-11(13)9-7-5-6-8-10(9)12(14)16-4-2;1-3-4-8-5-6-9(11)10(7-8)12-2/h5-8H,3-4H2,1-2H3;3,5-7,11H,1,4H2,2H3. The third kappa shape index (κ3) is 6.79. The van der Waals surface area contributed by atoms with Gasteiger partial charge in [-0.05, 0) is 50.1 Å². The minimum atomic E-state index is -0.508. The van der Waals surface area contributed by atoms with Gasteiger partial charge in [-0.25, -0.2) is 9.59 Å². The number of carbonyl (C=O) groups excluding carboxylic acids is 2. The minimum absolute atomic E-state index is 0.172. The Labute approximate surface area is 165 Å². The summed E-state index contributed by atoms with van der Waals surface area (Å²) < 4.78 is 14.6. The molecular formula is C22H26O6. The molecular weight excluding hydrogens is 360 g/mol. The maximum atomic E-state index is 11.5. The first-order valence-electron chi connectivity index (χ1n) is 8.88. The highest BCUT2D eigenvalue weighted by Gasteiger charge is 2.17. The molecule has 0 unspecified atom stereocenters. The molecule has 0 atom stereocenters. The average molecular weight is 386 g/mol. The fourth-order valence-electron chi connectivity index (χ4n) is 2.27. The molecule has 150 valence electrons. The van der Waals surface area contributed by atoms with Gasteiger partial charge in [-0.2, -0.15) is 0 Å². The van der Waals surface area contributed by atoms with Gasteiger partial charge in [0.05, 0.1) is 31.5 Å². The molecule has 6 heteroatoms. The molecule has 2 aromatic rings. The SMILES string of the molecule is C=CCc1ccc(O)c(OC)c1.CCOC(=O)c1ccccc1C(=O)OCC. The number of hydrogen-bond donors (Lipinski definition) is 1. The number of hydrogen-bond acceptors (Lipinski definition) is 6. The topological polar surface area (TPSA) is 82.1 Å². The summed E-state index contributed by atoms with van der Waals surface area (Å²) in [7, 11) is 1.53. The lowest BCUT2D eigenvalue weighted by atomic mass is 10.1. The third-order valence-corrected chi connectivity index (χ3v) is 3.54. The van der Waals surface area contributed by atoms with Crippen molar-refractivity contribution in [1.82, 2.24) is 0 Å². The van der Waals surface area contributed by atoms with Crippen LogP contribution in [0.25, 0.3) is 0 Å². The summed E-state index contributed by atoms with van der Waals surface area (Å²) in [4.78, 5) is 23.1. The van der Waals surface area contributed by atoms with Crippen LogP contribution < -0.4 is 4.74 Å². The lowest BCUT2D eigenvalue weighted by Crippen LogP contribution is -2.13. The van der Waals surface area contributed by atoms with E-state index in [-0.39, 0.29) is 30.1 Å². The van der Waals surface area contributed by atoms with Gasteiger partial charge in [0.15, 0.2) is 11.5 Å². The molecule has 0 saturated heterocycles. The molecule has 0 aromatic heterocycles. The van der Waals surface area contributed by atoms with Gasteiger partial charge < -0.3 is 19.3 Å². The van der Waals surface area contributed by atoms with Gasteiger partial charge in [-0.1, -0.05) is 24.3 Å². The average Bonchev–Trinajstić information content (AvgIpc) is 2.70. The van der Waals surface area contributed by atoms with Crippen LogP contribution in [0.3, 0.4) is 0 Å². The second-order valence-corrected chi connectivity index (χ2v) is 5.49. The Morgan fingerprint density at radius 2 is 1.54 bits per heavy atom. The largest absolute Gasteiger partial charge is 0.504 e. The minimum Gasteiger partial charge on any atom is -0.504 e. The molecule has 0 amide bonds. The summed E-state index contributed by atoms with van der Waals surface area (Å²) in [5.41, 5.74) is 1.56. The number of phenolic OH excluding ortho intramolecular Hbond substituents is 1. The monoisotopic (exact) mass is 386 g/mol. The van der Waals surface area contributed by atoms with Crippen molar-refractivity contribution in [3.05, 3.63) is 71.8 Å². The highest BCUT2D eigenvalue weighted by molar-refractivity contribution is 6.03. The van der Waals surface area contributed by atoms with Crippen LogP contribution in [0.4, 0.5) is 0 Å². The van der Waals surface area contributed by atoms with E-state index in [0.717, 1.165) is 12.0 Å². The van der Waals surface area contributed by atoms with Gasteiger partial charge in [0, 0.05) is 0 Å². The maximum absolute atomic E-state index is 11.5. The molecule has 0 spiro atoms. The van der Waals surface area contributed by atoms with E-state index < -0.39 is 11.9 Å². The highest BCUT2D eigenvalue weighted by Crippen LogP contribution is 2.26. The van der Waals surface area contributed by atoms with E-state index >= 15 is 0 Å². The second-order valence-electron chi connectivity index (χ2n) is 5.49. The van der Waals surface area contributed by atoms with Gasteiger partial charge in [0.1, 0.15) is 0 Å². The molecule has 2 rings (SSSR count). The van der Waals surface area contributed by atoms with Crippen molar-refractivity contribution in [3.63, 3.8) is 0 Å². The lowest BCUT2D eigenvalue weighted by Gasteiger charge is -2.07. The summed E-state index contributed by atoms with van der Waals surface area (Å²) >= 11 is 0. The van der Waals surface area contributed by atoms with Crippen molar-refractivity contribution in [1.29, 1.82) is 0 Å². The van der Waals surface area contributed by atoms with Crippen molar-refractivity contribution in [2.45, 2.75) is 20.3 Å². The van der Waals surface area contributed by atoms with E-state index in [0.29, 0.717) is 5.75 Å². The molecule has 0 aliphatic rings. The maximum Gasteiger partial charge on any atom is 0.338 e. The van der Waals surface area contributed by atoms with Crippen molar-refractivity contribution in [3.8, 4) is 11.5 Å². The Kier molecular flexibility index (Phi) is 9.89. The molecule has 28 heavy (non-hydrogen) atoms. The first-order chi connectivity index (χ1) is 13.5. The molecule has 0 heterocycles. The Morgan fingerprint density at radius 1 is 1.00 bits per heavy atom. The molecule has 0 fully saturated rings. The zero-order valence-corrected chi connectivity index (χ0v) is 16.4. The van der Waals surface area contributed by atoms with E-state index in [1.807, 2.05) is 12.1 Å². The Balaban J connectivity index is 0.000000292. The van der Waals surface area contributed by atoms with E-state index in [4.69, 9.17) is 14.2 Å². The summed E-state index contributed by atoms with van der Waals surface area (Å²) in [5.74, 6) is -0.336. The number of rotatable bonds is 7. The fourth-order valence-corrected chi connectivity index (χ4v) is 2.27. The molecule has 0 radical (unpaired) electrons. The smallest absolute Gasteiger partial charge is 0.338 e. The highest BCUT2D eigenvalue weighted by atomic mass is 16.5. The van der Waals surface area contributed by atoms with Crippen LogP contribution in [0.15, 0.2) is 55.1 Å². The molecule has 2 aromatic carbocycles. The first-order valence-corrected chi connectivity index (χ1v) is 8.88. The van der Waals surface area contributed by atoms with E-state index in [9.17, 15) is 14.7 Å². The third-order valence-electron chi connectivity index (χ3n) is 3.54. The van der Waals surface area contributed by atoms with Crippen LogP contribution in [0, 0.1) is 0 Å². The van der Waals surface area contributed by atoms with Gasteiger partial charge in [0.2, 0.25) is 0 Å². The van der Waals surface area contributed by atoms with Crippen LogP contribution in [-0.4, -0.2) is 37.4 Å². The predicted octanol–water partition coefficient (Wildman–Crippen LogP) is 4.17. The summed E-state index contributed by atoms with van der Waals surface area (Å²) in [6.07, 6.45) is 2.60. The molecule has 0 saturated carbocycles. The summed E-state index contributed by atoms with van der Waals surface area (Å²) in [5, 5.41) is 9.25. The van der Waals surface area contributed by atoms with Crippen LogP contribution in [0.5, 0.6) is 11.5 Å². The number of phenols is 1. The molecule has 0 aliphatic carbocycles. The number of aromatic hydroxyl groups is 1. The number of allylic oxidation sites excluding steroid dienone is 1. The molecule has 0 aliphatic heterocycles. The zero-order valence-electron chi connectivity index (χ0n) is 16.4. The van der Waals surface area contributed by atoms with E-state index in [1.165, 1.54) is 7.11 Å². The van der Waals surface area contributed by atoms with Gasteiger partial charge in [0.25, 0.3) is 0 Å². The number of benzene rings is 2. The van der Waals surface area contributed by atoms with Gasteiger partial charge in [-0.15, -0.1) is 6.58 Å². The van der Waals surface area contributed by atoms with Crippen molar-refractivity contribution >= 4 is 11.9 Å². The van der Waals surface area contributed by atoms with Crippen molar-refractivity contribution in [2.24, 2.45) is 0 Å². The fraction of sp³-hybridized carbons (Fsp3) is 0.273. The van der Waals surface area contributed by atoms with E-state index in [1.54, 1.807) is 50.2 Å². The number of esters is 2. The summed E-state index contributed by atoms with van der Waals surface area (Å²) in [6, 6.07) is 11.7. The predicted molar refractivity (Wildman–Crippen MR) is 107 cm³/mol. The van der Waals surface area contributed by atoms with Gasteiger partial charge >= 0.3 is 11.9 Å².